The molecule has 0 radical (unpaired) electrons. The molecule has 1 atom stereocenters. The highest BCUT2D eigenvalue weighted by Crippen LogP contribution is 2.36. The fraction of sp³-hybridized carbons (Fsp3) is 0.467. The van der Waals surface area contributed by atoms with Gasteiger partial charge in [-0.3, -0.25) is 9.59 Å². The first-order valence-corrected chi connectivity index (χ1v) is 6.79. The fourth-order valence-electron chi connectivity index (χ4n) is 3.08. The van der Waals surface area contributed by atoms with Crippen LogP contribution < -0.4 is 0 Å². The Kier molecular flexibility index (Phi) is 3.09. The summed E-state index contributed by atoms with van der Waals surface area (Å²) in [7, 11) is 0. The molecule has 0 saturated carbocycles. The first kappa shape index (κ1) is 12.3. The molecular weight excluding hydrogens is 245 g/mol. The highest BCUT2D eigenvalue weighted by atomic mass is 19.1. The number of hydrogen-bond acceptors (Lipinski definition) is 2. The van der Waals surface area contributed by atoms with Crippen molar-refractivity contribution in [3.63, 3.8) is 0 Å². The number of halogens is 1. The smallest absolute Gasteiger partial charge is 0.230 e. The highest BCUT2D eigenvalue weighted by molar-refractivity contribution is 6.06. The first-order chi connectivity index (χ1) is 9.18. The van der Waals surface area contributed by atoms with Crippen molar-refractivity contribution in [3.05, 3.63) is 35.1 Å². The van der Waals surface area contributed by atoms with Gasteiger partial charge in [0, 0.05) is 30.6 Å². The lowest BCUT2D eigenvalue weighted by Gasteiger charge is -2.29. The van der Waals surface area contributed by atoms with Crippen LogP contribution in [0.4, 0.5) is 4.39 Å². The van der Waals surface area contributed by atoms with Gasteiger partial charge in [-0.1, -0.05) is 12.1 Å². The maximum Gasteiger partial charge on any atom is 0.230 e. The van der Waals surface area contributed by atoms with Crippen LogP contribution in [0.2, 0.25) is 0 Å². The molecule has 0 spiro atoms. The van der Waals surface area contributed by atoms with Crippen LogP contribution in [0.25, 0.3) is 0 Å². The molecule has 1 aromatic rings. The minimum atomic E-state index is -0.609. The third-order valence-electron chi connectivity index (χ3n) is 4.06. The monoisotopic (exact) mass is 261 g/mol. The van der Waals surface area contributed by atoms with Gasteiger partial charge in [0.2, 0.25) is 5.91 Å². The van der Waals surface area contributed by atoms with Gasteiger partial charge in [0.25, 0.3) is 0 Å². The lowest BCUT2D eigenvalue weighted by molar-refractivity contribution is -0.133. The van der Waals surface area contributed by atoms with Crippen molar-refractivity contribution >= 4 is 11.7 Å². The van der Waals surface area contributed by atoms with E-state index in [9.17, 15) is 14.0 Å². The molecule has 1 aliphatic carbocycles. The Bertz CT molecular complexity index is 535. The van der Waals surface area contributed by atoms with Crippen molar-refractivity contribution < 1.29 is 14.0 Å². The summed E-state index contributed by atoms with van der Waals surface area (Å²) in [6, 6.07) is 4.47. The Morgan fingerprint density at radius 2 is 1.95 bits per heavy atom. The summed E-state index contributed by atoms with van der Waals surface area (Å²) in [5.74, 6) is -1.25. The molecule has 4 heteroatoms. The number of rotatable bonds is 1. The Labute approximate surface area is 111 Å². The third-order valence-corrected chi connectivity index (χ3v) is 4.06. The number of Topliss-reactive ketones (excluding diaryl/α,β-unsaturated/α-hetero) is 1. The van der Waals surface area contributed by atoms with Crippen molar-refractivity contribution in [2.45, 2.75) is 31.6 Å². The minimum absolute atomic E-state index is 0.0862. The number of carbonyl (C=O) groups excluding carboxylic acids is 2. The summed E-state index contributed by atoms with van der Waals surface area (Å²) in [4.78, 5) is 26.1. The predicted octanol–water partition coefficient (Wildman–Crippen LogP) is 2.51. The van der Waals surface area contributed by atoms with E-state index in [4.69, 9.17) is 0 Å². The molecule has 0 aromatic heterocycles. The van der Waals surface area contributed by atoms with Crippen LogP contribution in [0, 0.1) is 5.82 Å². The quantitative estimate of drug-likeness (QED) is 0.779. The van der Waals surface area contributed by atoms with Crippen LogP contribution in [-0.4, -0.2) is 29.7 Å². The SMILES string of the molecule is O=C1CC(C(=O)N2CCCCC2)c2c(F)cccc21. The zero-order chi connectivity index (χ0) is 13.4. The lowest BCUT2D eigenvalue weighted by atomic mass is 9.98. The molecule has 1 aromatic carbocycles. The number of ketones is 1. The van der Waals surface area contributed by atoms with E-state index in [1.165, 1.54) is 12.1 Å². The number of benzene rings is 1. The molecule has 0 bridgehead atoms. The fourth-order valence-corrected chi connectivity index (χ4v) is 3.08. The molecule has 2 aliphatic rings. The molecule has 1 aliphatic heterocycles. The van der Waals surface area contributed by atoms with Gasteiger partial charge in [-0.25, -0.2) is 4.39 Å². The molecule has 100 valence electrons. The van der Waals surface area contributed by atoms with Crippen LogP contribution >= 0.6 is 0 Å². The van der Waals surface area contributed by atoms with E-state index in [0.29, 0.717) is 11.1 Å². The number of carbonyl (C=O) groups is 2. The first-order valence-electron chi connectivity index (χ1n) is 6.79. The summed E-state index contributed by atoms with van der Waals surface area (Å²) in [5.41, 5.74) is 0.693. The lowest BCUT2D eigenvalue weighted by Crippen LogP contribution is -2.38. The van der Waals surface area contributed by atoms with Gasteiger partial charge in [-0.05, 0) is 25.3 Å². The summed E-state index contributed by atoms with van der Waals surface area (Å²) >= 11 is 0. The largest absolute Gasteiger partial charge is 0.342 e. The van der Waals surface area contributed by atoms with Crippen molar-refractivity contribution in [1.29, 1.82) is 0 Å². The molecule has 1 amide bonds. The zero-order valence-electron chi connectivity index (χ0n) is 10.7. The Balaban J connectivity index is 1.91. The van der Waals surface area contributed by atoms with Crippen molar-refractivity contribution in [3.8, 4) is 0 Å². The predicted molar refractivity (Wildman–Crippen MR) is 68.5 cm³/mol. The highest BCUT2D eigenvalue weighted by Gasteiger charge is 2.38. The minimum Gasteiger partial charge on any atom is -0.342 e. The van der Waals surface area contributed by atoms with E-state index in [0.717, 1.165) is 32.4 Å². The third kappa shape index (κ3) is 2.05. The number of likely N-dealkylation sites (tertiary alicyclic amines) is 1. The van der Waals surface area contributed by atoms with Gasteiger partial charge in [-0.15, -0.1) is 0 Å². The summed E-state index contributed by atoms with van der Waals surface area (Å²) < 4.78 is 13.9. The summed E-state index contributed by atoms with van der Waals surface area (Å²) in [6.45, 7) is 1.46. The van der Waals surface area contributed by atoms with E-state index in [1.807, 2.05) is 0 Å². The van der Waals surface area contributed by atoms with E-state index < -0.39 is 11.7 Å². The van der Waals surface area contributed by atoms with Gasteiger partial charge in [0.15, 0.2) is 5.78 Å². The number of piperidine rings is 1. The number of amides is 1. The van der Waals surface area contributed by atoms with Crippen molar-refractivity contribution in [2.24, 2.45) is 0 Å². The van der Waals surface area contributed by atoms with Crippen LogP contribution in [0.3, 0.4) is 0 Å². The maximum atomic E-state index is 13.9. The van der Waals surface area contributed by atoms with Crippen molar-refractivity contribution in [2.75, 3.05) is 13.1 Å². The van der Waals surface area contributed by atoms with Crippen LogP contribution in [0.1, 0.15) is 47.5 Å². The molecule has 3 nitrogen and oxygen atoms in total. The van der Waals surface area contributed by atoms with E-state index in [1.54, 1.807) is 11.0 Å². The number of fused-ring (bicyclic) bond motifs is 1. The van der Waals surface area contributed by atoms with Gasteiger partial charge in [0.05, 0.1) is 5.92 Å². The van der Waals surface area contributed by atoms with Gasteiger partial charge in [0.1, 0.15) is 5.82 Å². The average molecular weight is 261 g/mol. The molecule has 1 unspecified atom stereocenters. The summed E-state index contributed by atoms with van der Waals surface area (Å²) in [5, 5.41) is 0. The molecule has 0 N–H and O–H groups in total. The number of nitrogens with zero attached hydrogens (tertiary/aromatic N) is 1. The zero-order valence-corrected chi connectivity index (χ0v) is 10.7. The molecule has 1 heterocycles. The molecule has 19 heavy (non-hydrogen) atoms. The van der Waals surface area contributed by atoms with Gasteiger partial charge >= 0.3 is 0 Å². The summed E-state index contributed by atoms with van der Waals surface area (Å²) in [6.07, 6.45) is 3.25. The molecule has 1 fully saturated rings. The number of hydrogen-bond donors (Lipinski definition) is 0. The topological polar surface area (TPSA) is 37.4 Å². The second-order valence-corrected chi connectivity index (χ2v) is 5.27. The Morgan fingerprint density at radius 3 is 2.68 bits per heavy atom. The van der Waals surface area contributed by atoms with Gasteiger partial charge < -0.3 is 4.90 Å². The molecular formula is C15H16FNO2. The van der Waals surface area contributed by atoms with Crippen LogP contribution in [-0.2, 0) is 4.79 Å². The Hall–Kier alpha value is -1.71. The standard InChI is InChI=1S/C15H16FNO2/c16-12-6-4-5-10-13(18)9-11(14(10)12)15(19)17-7-2-1-3-8-17/h4-6,11H,1-3,7-9H2. The van der Waals surface area contributed by atoms with Crippen LogP contribution in [0.5, 0.6) is 0 Å². The molecule has 1 saturated heterocycles. The van der Waals surface area contributed by atoms with Crippen LogP contribution in [0.15, 0.2) is 18.2 Å². The van der Waals surface area contributed by atoms with E-state index in [-0.39, 0.29) is 18.1 Å². The molecule has 3 rings (SSSR count). The second-order valence-electron chi connectivity index (χ2n) is 5.27. The maximum absolute atomic E-state index is 13.9. The van der Waals surface area contributed by atoms with Gasteiger partial charge in [-0.2, -0.15) is 0 Å². The Morgan fingerprint density at radius 1 is 1.21 bits per heavy atom. The average Bonchev–Trinajstić information content (AvgIpc) is 2.78. The van der Waals surface area contributed by atoms with E-state index in [2.05, 4.69) is 0 Å². The normalized spacial score (nSPS) is 22.5. The second kappa shape index (κ2) is 4.76. The van der Waals surface area contributed by atoms with Crippen molar-refractivity contribution in [1.82, 2.24) is 4.90 Å². The van der Waals surface area contributed by atoms with E-state index >= 15 is 0 Å².